The molecule has 0 bridgehead atoms. The number of aryl methyl sites for hydroxylation is 1. The zero-order valence-corrected chi connectivity index (χ0v) is 25.9. The number of hydrogen-bond acceptors (Lipinski definition) is 4. The van der Waals surface area contributed by atoms with Gasteiger partial charge in [0.05, 0.1) is 10.7 Å². The van der Waals surface area contributed by atoms with E-state index >= 15 is 0 Å². The van der Waals surface area contributed by atoms with Crippen LogP contribution in [-0.2, 0) is 9.59 Å². The largest absolute Gasteiger partial charge is 0.323 e. The quantitative estimate of drug-likeness (QED) is 0.106. The van der Waals surface area contributed by atoms with Crippen molar-refractivity contribution in [1.82, 2.24) is 5.32 Å². The number of benzene rings is 5. The first kappa shape index (κ1) is 31.3. The smallest absolute Gasteiger partial charge is 0.272 e. The Balaban J connectivity index is 1.38. The molecule has 5 aromatic carbocycles. The number of carbonyl (C=O) groups is 3. The first-order chi connectivity index (χ1) is 21.9. The minimum Gasteiger partial charge on any atom is -0.323 e. The summed E-state index contributed by atoms with van der Waals surface area (Å²) in [7, 11) is 0. The molecule has 1 unspecified atom stereocenters. The third-order valence-corrected chi connectivity index (χ3v) is 8.41. The van der Waals surface area contributed by atoms with Gasteiger partial charge in [-0.3, -0.25) is 14.4 Å². The highest BCUT2D eigenvalue weighted by Crippen LogP contribution is 2.37. The van der Waals surface area contributed by atoms with E-state index in [1.807, 2.05) is 79.7 Å². The number of anilines is 2. The molecule has 224 valence electrons. The van der Waals surface area contributed by atoms with Crippen molar-refractivity contribution in [3.05, 3.63) is 166 Å². The molecule has 0 spiro atoms. The second kappa shape index (κ2) is 15.1. The lowest BCUT2D eigenvalue weighted by Gasteiger charge is -2.18. The Bertz CT molecular complexity index is 1840. The van der Waals surface area contributed by atoms with Gasteiger partial charge < -0.3 is 16.0 Å². The van der Waals surface area contributed by atoms with Gasteiger partial charge in [-0.25, -0.2) is 0 Å². The summed E-state index contributed by atoms with van der Waals surface area (Å²) in [5, 5.41) is 8.48. The zero-order valence-electron chi connectivity index (χ0n) is 24.4. The zero-order chi connectivity index (χ0) is 31.6. The lowest BCUT2D eigenvalue weighted by Crippen LogP contribution is -2.30. The molecule has 0 saturated carbocycles. The minimum atomic E-state index is -0.602. The molecule has 0 aromatic heterocycles. The maximum absolute atomic E-state index is 13.6. The maximum Gasteiger partial charge on any atom is 0.272 e. The summed E-state index contributed by atoms with van der Waals surface area (Å²) in [5.41, 5.74) is 4.13. The molecular formula is C37H30ClN3O3S. The summed E-state index contributed by atoms with van der Waals surface area (Å²) < 4.78 is 0. The SMILES string of the molecule is Cc1ccccc1/C=C(\NC(=O)c1ccccc1)C(=O)Nc1cccc(SC(C(=O)Nc2ccccc2Cl)c2ccccc2)c1. The number of rotatable bonds is 10. The van der Waals surface area contributed by atoms with Crippen molar-refractivity contribution >= 4 is 58.5 Å². The second-order valence-electron chi connectivity index (χ2n) is 10.1. The van der Waals surface area contributed by atoms with Crippen LogP contribution in [0.4, 0.5) is 11.4 Å². The van der Waals surface area contributed by atoms with Crippen molar-refractivity contribution < 1.29 is 14.4 Å². The number of amides is 3. The van der Waals surface area contributed by atoms with Gasteiger partial charge in [-0.05, 0) is 72.2 Å². The number of carbonyl (C=O) groups excluding carboxylic acids is 3. The summed E-state index contributed by atoms with van der Waals surface area (Å²) in [4.78, 5) is 40.9. The van der Waals surface area contributed by atoms with Crippen LogP contribution < -0.4 is 16.0 Å². The van der Waals surface area contributed by atoms with Gasteiger partial charge >= 0.3 is 0 Å². The number of para-hydroxylation sites is 1. The topological polar surface area (TPSA) is 87.3 Å². The lowest BCUT2D eigenvalue weighted by atomic mass is 10.1. The van der Waals surface area contributed by atoms with Crippen LogP contribution in [0.2, 0.25) is 5.02 Å². The monoisotopic (exact) mass is 631 g/mol. The molecule has 0 saturated heterocycles. The van der Waals surface area contributed by atoms with Gasteiger partial charge in [-0.15, -0.1) is 11.8 Å². The molecule has 5 aromatic rings. The van der Waals surface area contributed by atoms with Crippen molar-refractivity contribution in [3.8, 4) is 0 Å². The molecule has 3 N–H and O–H groups in total. The van der Waals surface area contributed by atoms with E-state index in [4.69, 9.17) is 11.6 Å². The first-order valence-electron chi connectivity index (χ1n) is 14.2. The van der Waals surface area contributed by atoms with Crippen LogP contribution in [0.3, 0.4) is 0 Å². The molecule has 3 amide bonds. The van der Waals surface area contributed by atoms with Gasteiger partial charge in [0.25, 0.3) is 11.8 Å². The summed E-state index contributed by atoms with van der Waals surface area (Å²) in [6.45, 7) is 1.94. The van der Waals surface area contributed by atoms with Crippen molar-refractivity contribution in [2.45, 2.75) is 17.1 Å². The van der Waals surface area contributed by atoms with E-state index in [2.05, 4.69) is 16.0 Å². The highest BCUT2D eigenvalue weighted by molar-refractivity contribution is 8.00. The van der Waals surface area contributed by atoms with E-state index < -0.39 is 17.1 Å². The number of halogens is 1. The Morgan fingerprint density at radius 3 is 2.13 bits per heavy atom. The Morgan fingerprint density at radius 1 is 0.733 bits per heavy atom. The van der Waals surface area contributed by atoms with Crippen molar-refractivity contribution in [3.63, 3.8) is 0 Å². The summed E-state index contributed by atoms with van der Waals surface area (Å²) in [5.74, 6) is -1.12. The van der Waals surface area contributed by atoms with Crippen LogP contribution in [0, 0.1) is 6.92 Å². The number of nitrogens with one attached hydrogen (secondary N) is 3. The fourth-order valence-corrected chi connectivity index (χ4v) is 5.76. The van der Waals surface area contributed by atoms with Crippen molar-refractivity contribution in [1.29, 1.82) is 0 Å². The Kier molecular flexibility index (Phi) is 10.5. The predicted octanol–water partition coefficient (Wildman–Crippen LogP) is 8.53. The van der Waals surface area contributed by atoms with Gasteiger partial charge in [-0.1, -0.05) is 103 Å². The average molecular weight is 632 g/mol. The van der Waals surface area contributed by atoms with Crippen LogP contribution in [0.1, 0.15) is 32.3 Å². The second-order valence-corrected chi connectivity index (χ2v) is 11.7. The van der Waals surface area contributed by atoms with Crippen LogP contribution in [-0.4, -0.2) is 17.7 Å². The van der Waals surface area contributed by atoms with Crippen LogP contribution >= 0.6 is 23.4 Å². The maximum atomic E-state index is 13.6. The van der Waals surface area contributed by atoms with E-state index in [-0.39, 0.29) is 11.6 Å². The lowest BCUT2D eigenvalue weighted by molar-refractivity contribution is -0.116. The van der Waals surface area contributed by atoms with Gasteiger partial charge in [0.2, 0.25) is 5.91 Å². The van der Waals surface area contributed by atoms with Crippen LogP contribution in [0.15, 0.2) is 144 Å². The van der Waals surface area contributed by atoms with Gasteiger partial charge in [-0.2, -0.15) is 0 Å². The van der Waals surface area contributed by atoms with Crippen LogP contribution in [0.5, 0.6) is 0 Å². The molecule has 0 radical (unpaired) electrons. The molecule has 6 nitrogen and oxygen atoms in total. The Labute approximate surface area is 271 Å². The summed E-state index contributed by atoms with van der Waals surface area (Å²) >= 11 is 7.65. The third kappa shape index (κ3) is 8.50. The molecule has 1 atom stereocenters. The first-order valence-corrected chi connectivity index (χ1v) is 15.5. The Morgan fingerprint density at radius 2 is 1.40 bits per heavy atom. The molecule has 45 heavy (non-hydrogen) atoms. The molecule has 0 heterocycles. The van der Waals surface area contributed by atoms with Crippen LogP contribution in [0.25, 0.3) is 6.08 Å². The van der Waals surface area contributed by atoms with Gasteiger partial charge in [0.1, 0.15) is 10.9 Å². The third-order valence-electron chi connectivity index (χ3n) is 6.84. The standard InChI is InChI=1S/C37H30ClN3O3S/c1-25-13-8-9-18-28(25)23-33(41-35(42)27-16-6-3-7-17-27)36(43)39-29-19-12-20-30(24-29)45-34(26-14-4-2-5-15-26)37(44)40-32-22-11-10-21-31(32)38/h2-24,34H,1H3,(H,39,43)(H,40,44)(H,41,42)/b33-23-. The van der Waals surface area contributed by atoms with Gasteiger partial charge in [0, 0.05) is 16.1 Å². The molecule has 0 fully saturated rings. The highest BCUT2D eigenvalue weighted by atomic mass is 35.5. The fraction of sp³-hybridized carbons (Fsp3) is 0.0541. The summed E-state index contributed by atoms with van der Waals surface area (Å²) in [6.07, 6.45) is 1.66. The molecule has 0 aliphatic heterocycles. The van der Waals surface area contributed by atoms with E-state index in [0.29, 0.717) is 22.0 Å². The normalized spacial score (nSPS) is 11.7. The summed E-state index contributed by atoms with van der Waals surface area (Å²) in [6, 6.07) is 40.1. The van der Waals surface area contributed by atoms with E-state index in [9.17, 15) is 14.4 Å². The average Bonchev–Trinajstić information content (AvgIpc) is 3.06. The molecule has 0 aliphatic rings. The fourth-order valence-electron chi connectivity index (χ4n) is 4.49. The van der Waals surface area contributed by atoms with E-state index in [0.717, 1.165) is 21.6 Å². The number of hydrogen-bond donors (Lipinski definition) is 3. The predicted molar refractivity (Wildman–Crippen MR) is 183 cm³/mol. The van der Waals surface area contributed by atoms with E-state index in [1.54, 1.807) is 66.7 Å². The Hall–Kier alpha value is -5.11. The number of thioether (sulfide) groups is 1. The van der Waals surface area contributed by atoms with Crippen molar-refractivity contribution in [2.24, 2.45) is 0 Å². The highest BCUT2D eigenvalue weighted by Gasteiger charge is 2.23. The molecule has 8 heteroatoms. The molecule has 5 rings (SSSR count). The molecule has 0 aliphatic carbocycles. The molecular weight excluding hydrogens is 602 g/mol. The van der Waals surface area contributed by atoms with E-state index in [1.165, 1.54) is 11.8 Å². The minimum absolute atomic E-state index is 0.0949. The van der Waals surface area contributed by atoms with Gasteiger partial charge in [0.15, 0.2) is 0 Å². The van der Waals surface area contributed by atoms with Crippen molar-refractivity contribution in [2.75, 3.05) is 10.6 Å².